The van der Waals surface area contributed by atoms with Crippen LogP contribution in [0, 0.1) is 0 Å². The van der Waals surface area contributed by atoms with E-state index < -0.39 is 5.97 Å². The molecule has 0 aliphatic carbocycles. The van der Waals surface area contributed by atoms with Crippen molar-refractivity contribution < 1.29 is 14.4 Å². The molecule has 0 saturated carbocycles. The molecule has 0 aromatic rings. The maximum Gasteiger partial charge on any atom is 0.207 e. The summed E-state index contributed by atoms with van der Waals surface area (Å²) in [5.74, 6) is -0.127. The van der Waals surface area contributed by atoms with Gasteiger partial charge in [-0.05, 0) is 32.1 Å². The number of carbonyl (C=O) groups excluding carboxylic acids is 1. The summed E-state index contributed by atoms with van der Waals surface area (Å²) in [5.41, 5.74) is 5.72. The van der Waals surface area contributed by atoms with Gasteiger partial charge in [-0.2, -0.15) is 0 Å². The number of aliphatic carboxylic acids is 1. The van der Waals surface area contributed by atoms with E-state index in [1.54, 1.807) is 6.20 Å². The average molecular weight is 476 g/mol. The lowest BCUT2D eigenvalue weighted by molar-refractivity contribution is -0.780. The second kappa shape index (κ2) is 20.9. The highest BCUT2D eigenvalue weighted by Crippen LogP contribution is 2.21. The molecule has 0 aromatic heterocycles. The Morgan fingerprint density at radius 2 is 1.35 bits per heavy atom. The largest absolute Gasteiger partial charge is 0.544 e. The lowest BCUT2D eigenvalue weighted by Crippen LogP contribution is -2.55. The number of aliphatic imine (C=N–C) groups is 1. The summed E-state index contributed by atoms with van der Waals surface area (Å²) in [4.78, 5) is 15.6. The van der Waals surface area contributed by atoms with Gasteiger partial charge in [-0.25, -0.2) is 9.48 Å². The first kappa shape index (κ1) is 30.6. The summed E-state index contributed by atoms with van der Waals surface area (Å²) in [6.45, 7) is 3.21. The van der Waals surface area contributed by atoms with Gasteiger partial charge in [0.1, 0.15) is 19.3 Å². The molecular weight excluding hydrogens is 422 g/mol. The van der Waals surface area contributed by atoms with Gasteiger partial charge in [0, 0.05) is 13.0 Å². The third-order valence-corrected chi connectivity index (χ3v) is 6.94. The molecule has 0 fully saturated rings. The van der Waals surface area contributed by atoms with Crippen LogP contribution in [0.5, 0.6) is 0 Å². The van der Waals surface area contributed by atoms with Crippen molar-refractivity contribution in [1.29, 1.82) is 0 Å². The zero-order valence-electron chi connectivity index (χ0n) is 22.2. The maximum absolute atomic E-state index is 11.2. The lowest BCUT2D eigenvalue weighted by Gasteiger charge is -2.32. The van der Waals surface area contributed by atoms with E-state index in [1.807, 2.05) is 6.20 Å². The molecule has 1 heterocycles. The molecule has 5 nitrogen and oxygen atoms in total. The highest BCUT2D eigenvalue weighted by Gasteiger charge is 2.34. The minimum absolute atomic E-state index is 0.0679. The fourth-order valence-corrected chi connectivity index (χ4v) is 4.86. The minimum Gasteiger partial charge on any atom is -0.544 e. The predicted octanol–water partition coefficient (Wildman–Crippen LogP) is 6.38. The topological polar surface area (TPSA) is 78.5 Å². The Morgan fingerprint density at radius 3 is 1.85 bits per heavy atom. The number of allylic oxidation sites excluding steroid dienone is 2. The highest BCUT2D eigenvalue weighted by molar-refractivity contribution is 5.80. The van der Waals surface area contributed by atoms with Crippen molar-refractivity contribution in [2.45, 2.75) is 129 Å². The quantitative estimate of drug-likeness (QED) is 0.0999. The van der Waals surface area contributed by atoms with Crippen molar-refractivity contribution >= 4 is 11.8 Å². The van der Waals surface area contributed by atoms with Crippen LogP contribution in [-0.2, 0) is 4.79 Å². The van der Waals surface area contributed by atoms with Crippen LogP contribution in [0.1, 0.15) is 129 Å². The molecule has 0 radical (unpaired) electrons. The first-order valence-corrected chi connectivity index (χ1v) is 14.3. The molecule has 1 rings (SSSR count). The van der Waals surface area contributed by atoms with E-state index in [4.69, 9.17) is 5.73 Å². The first-order chi connectivity index (χ1) is 16.6. The van der Waals surface area contributed by atoms with Crippen molar-refractivity contribution in [3.63, 3.8) is 0 Å². The third-order valence-electron chi connectivity index (χ3n) is 6.94. The van der Waals surface area contributed by atoms with E-state index in [1.165, 1.54) is 109 Å². The number of rotatable bonds is 24. The van der Waals surface area contributed by atoms with Crippen molar-refractivity contribution in [3.05, 3.63) is 24.6 Å². The van der Waals surface area contributed by atoms with E-state index in [0.29, 0.717) is 13.1 Å². The van der Waals surface area contributed by atoms with Gasteiger partial charge in [0.05, 0.1) is 12.2 Å². The van der Waals surface area contributed by atoms with E-state index in [9.17, 15) is 9.90 Å². The molecule has 34 heavy (non-hydrogen) atoms. The fraction of sp³-hybridized carbons (Fsp3) is 0.793. The zero-order valence-corrected chi connectivity index (χ0v) is 22.2. The Hall–Kier alpha value is -1.46. The molecule has 1 aliphatic heterocycles. The number of hydrogen-bond acceptors (Lipinski definition) is 4. The van der Waals surface area contributed by atoms with Crippen LogP contribution >= 0.6 is 0 Å². The molecule has 2 N–H and O–H groups in total. The third kappa shape index (κ3) is 14.7. The molecule has 0 spiro atoms. The Bertz CT molecular complexity index is 600. The van der Waals surface area contributed by atoms with Crippen LogP contribution < -0.4 is 10.8 Å². The van der Waals surface area contributed by atoms with Crippen molar-refractivity contribution in [3.8, 4) is 0 Å². The van der Waals surface area contributed by atoms with Crippen molar-refractivity contribution in [2.24, 2.45) is 10.7 Å². The molecular formula is C29H53N3O2. The molecule has 1 unspecified atom stereocenters. The summed E-state index contributed by atoms with van der Waals surface area (Å²) < 4.78 is 0.243. The summed E-state index contributed by atoms with van der Waals surface area (Å²) in [7, 11) is 0. The van der Waals surface area contributed by atoms with E-state index in [-0.39, 0.29) is 11.0 Å². The number of nitrogens with two attached hydrogens (primary N) is 1. The van der Waals surface area contributed by atoms with Gasteiger partial charge in [0.2, 0.25) is 5.84 Å². The Balaban J connectivity index is 1.90. The van der Waals surface area contributed by atoms with Crippen LogP contribution in [0.2, 0.25) is 0 Å². The number of carbonyl (C=O) groups is 1. The SMILES string of the molecule is CCCCCCCCC/C=C/CCCCCCCCCCCC1=NC=C[N+]1(CCN)CC(=O)[O-]. The molecule has 0 amide bonds. The van der Waals surface area contributed by atoms with Crippen molar-refractivity contribution in [2.75, 3.05) is 19.6 Å². The Labute approximate surface area is 210 Å². The van der Waals surface area contributed by atoms with E-state index in [2.05, 4.69) is 24.1 Å². The van der Waals surface area contributed by atoms with Gasteiger partial charge >= 0.3 is 0 Å². The van der Waals surface area contributed by atoms with E-state index >= 15 is 0 Å². The van der Waals surface area contributed by atoms with Crippen LogP contribution in [0.4, 0.5) is 0 Å². The monoisotopic (exact) mass is 475 g/mol. The van der Waals surface area contributed by atoms with E-state index in [0.717, 1.165) is 18.7 Å². The van der Waals surface area contributed by atoms with Crippen molar-refractivity contribution in [1.82, 2.24) is 0 Å². The number of carboxylic acid groups (broad SMARTS) is 1. The van der Waals surface area contributed by atoms with Gasteiger partial charge in [0.15, 0.2) is 0 Å². The minimum atomic E-state index is -1.05. The predicted molar refractivity (Wildman–Crippen MR) is 143 cm³/mol. The number of hydrogen-bond donors (Lipinski definition) is 1. The molecule has 0 saturated heterocycles. The summed E-state index contributed by atoms with van der Waals surface area (Å²) in [5, 5.41) is 11.2. The average Bonchev–Trinajstić information content (AvgIpc) is 3.19. The standard InChI is InChI=1S/C29H53N3O2/c1-2-3-4-5-6-7-8-9-10-11-12-13-14-15-16-17-18-19-20-21-22-28-31-24-26-32(28,25-23-30)27-29(33)34/h10-11,24,26H,2-9,12-23,25,27,30H2,1H3/b11-10+. The molecule has 1 aliphatic rings. The molecule has 0 bridgehead atoms. The number of carboxylic acids is 1. The van der Waals surface area contributed by atoms with Crippen LogP contribution in [0.3, 0.4) is 0 Å². The van der Waals surface area contributed by atoms with Gasteiger partial charge in [0.25, 0.3) is 0 Å². The second-order valence-corrected chi connectivity index (χ2v) is 10.0. The molecule has 0 aromatic carbocycles. The second-order valence-electron chi connectivity index (χ2n) is 10.0. The maximum atomic E-state index is 11.2. The molecule has 196 valence electrons. The smallest absolute Gasteiger partial charge is 0.207 e. The summed E-state index contributed by atoms with van der Waals surface area (Å²) in [6.07, 6.45) is 33.0. The zero-order chi connectivity index (χ0) is 24.7. The number of quaternary nitrogens is 1. The van der Waals surface area contributed by atoms with Gasteiger partial charge in [-0.3, -0.25) is 0 Å². The number of nitrogens with zero attached hydrogens (tertiary/aromatic N) is 2. The Kier molecular flexibility index (Phi) is 18.8. The lowest BCUT2D eigenvalue weighted by atomic mass is 10.0. The van der Waals surface area contributed by atoms with Gasteiger partial charge < -0.3 is 15.6 Å². The number of unbranched alkanes of at least 4 members (excludes halogenated alkanes) is 16. The van der Waals surface area contributed by atoms with Gasteiger partial charge in [-0.1, -0.05) is 103 Å². The number of amidine groups is 1. The fourth-order valence-electron chi connectivity index (χ4n) is 4.86. The summed E-state index contributed by atoms with van der Waals surface area (Å²) >= 11 is 0. The first-order valence-electron chi connectivity index (χ1n) is 14.3. The van der Waals surface area contributed by atoms with Crippen LogP contribution in [0.25, 0.3) is 0 Å². The van der Waals surface area contributed by atoms with Crippen LogP contribution in [-0.4, -0.2) is 35.9 Å². The van der Waals surface area contributed by atoms with Crippen LogP contribution in [0.15, 0.2) is 29.5 Å². The summed E-state index contributed by atoms with van der Waals surface area (Å²) in [6, 6.07) is 0. The molecule has 1 atom stereocenters. The highest BCUT2D eigenvalue weighted by atomic mass is 16.4. The normalized spacial score (nSPS) is 17.6. The Morgan fingerprint density at radius 1 is 0.853 bits per heavy atom. The van der Waals surface area contributed by atoms with Gasteiger partial charge in [-0.15, -0.1) is 0 Å². The molecule has 5 heteroatoms.